The highest BCUT2D eigenvalue weighted by Gasteiger charge is 2.40. The van der Waals surface area contributed by atoms with Gasteiger partial charge in [0.05, 0.1) is 19.3 Å². The van der Waals surface area contributed by atoms with Crippen LogP contribution >= 0.6 is 0 Å². The Morgan fingerprint density at radius 1 is 1.25 bits per heavy atom. The molecule has 0 unspecified atom stereocenters. The fourth-order valence-electron chi connectivity index (χ4n) is 3.06. The number of anilines is 1. The van der Waals surface area contributed by atoms with Gasteiger partial charge in [-0.25, -0.2) is 0 Å². The minimum atomic E-state index is -0.551. The normalized spacial score (nSPS) is 20.9. The first-order valence-corrected chi connectivity index (χ1v) is 7.90. The number of nitrogens with two attached hydrogens (primary N) is 1. The molecule has 24 heavy (non-hydrogen) atoms. The largest absolute Gasteiger partial charge is 0.497 e. The highest BCUT2D eigenvalue weighted by Crippen LogP contribution is 2.34. The van der Waals surface area contributed by atoms with E-state index in [1.54, 1.807) is 7.11 Å². The Morgan fingerprint density at radius 2 is 2.00 bits per heavy atom. The Hall–Kier alpha value is -2.53. The lowest BCUT2D eigenvalue weighted by Gasteiger charge is -2.45. The minimum Gasteiger partial charge on any atom is -0.497 e. The SMILES string of the molecule is COc1ccc(CN2C(=O)COC[C@@]2(C)c2cccc(N)c2)cc1. The Balaban J connectivity index is 1.92. The molecule has 0 spiro atoms. The third-order valence-corrected chi connectivity index (χ3v) is 4.51. The fraction of sp³-hybridized carbons (Fsp3) is 0.316. The highest BCUT2D eigenvalue weighted by atomic mass is 16.5. The molecule has 1 fully saturated rings. The van der Waals surface area contributed by atoms with Crippen LogP contribution < -0.4 is 10.5 Å². The van der Waals surface area contributed by atoms with Crippen LogP contribution in [0.5, 0.6) is 5.75 Å². The van der Waals surface area contributed by atoms with Gasteiger partial charge in [0.25, 0.3) is 0 Å². The van der Waals surface area contributed by atoms with Gasteiger partial charge in [0.1, 0.15) is 12.4 Å². The van der Waals surface area contributed by atoms with E-state index in [1.807, 2.05) is 60.4 Å². The summed E-state index contributed by atoms with van der Waals surface area (Å²) >= 11 is 0. The molecule has 2 aromatic rings. The van der Waals surface area contributed by atoms with Crippen LogP contribution in [0.15, 0.2) is 48.5 Å². The number of ether oxygens (including phenoxy) is 2. The molecule has 1 aliphatic rings. The van der Waals surface area contributed by atoms with Crippen LogP contribution in [-0.4, -0.2) is 31.1 Å². The predicted molar refractivity (Wildman–Crippen MR) is 92.6 cm³/mol. The summed E-state index contributed by atoms with van der Waals surface area (Å²) in [5.41, 5.74) is 8.08. The molecule has 0 aromatic heterocycles. The molecule has 3 rings (SSSR count). The molecule has 5 nitrogen and oxygen atoms in total. The number of rotatable bonds is 4. The molecule has 0 saturated carbocycles. The molecule has 5 heteroatoms. The highest BCUT2D eigenvalue weighted by molar-refractivity contribution is 5.79. The van der Waals surface area contributed by atoms with Gasteiger partial charge >= 0.3 is 0 Å². The van der Waals surface area contributed by atoms with Gasteiger partial charge in [-0.05, 0) is 42.3 Å². The van der Waals surface area contributed by atoms with Crippen LogP contribution in [0.3, 0.4) is 0 Å². The Kier molecular flexibility index (Phi) is 4.44. The van der Waals surface area contributed by atoms with Crippen LogP contribution in [-0.2, 0) is 21.6 Å². The molecule has 126 valence electrons. The molecule has 1 heterocycles. The second-order valence-electron chi connectivity index (χ2n) is 6.22. The first-order valence-electron chi connectivity index (χ1n) is 7.90. The van der Waals surface area contributed by atoms with Crippen molar-refractivity contribution in [1.29, 1.82) is 0 Å². The number of nitrogens with zero attached hydrogens (tertiary/aromatic N) is 1. The van der Waals surface area contributed by atoms with E-state index in [-0.39, 0.29) is 12.5 Å². The third kappa shape index (κ3) is 3.08. The zero-order valence-electron chi connectivity index (χ0n) is 14.0. The van der Waals surface area contributed by atoms with Gasteiger partial charge in [-0.2, -0.15) is 0 Å². The number of methoxy groups -OCH3 is 1. The van der Waals surface area contributed by atoms with Gasteiger partial charge in [-0.3, -0.25) is 4.79 Å². The maximum atomic E-state index is 12.5. The second-order valence-corrected chi connectivity index (χ2v) is 6.22. The number of benzene rings is 2. The van der Waals surface area contributed by atoms with Crippen LogP contribution in [0, 0.1) is 0 Å². The molecule has 2 aromatic carbocycles. The smallest absolute Gasteiger partial charge is 0.249 e. The summed E-state index contributed by atoms with van der Waals surface area (Å²) in [6.07, 6.45) is 0. The summed E-state index contributed by atoms with van der Waals surface area (Å²) in [5, 5.41) is 0. The Labute approximate surface area is 142 Å². The van der Waals surface area contributed by atoms with Crippen molar-refractivity contribution in [3.63, 3.8) is 0 Å². The number of amides is 1. The fourth-order valence-corrected chi connectivity index (χ4v) is 3.06. The number of carbonyl (C=O) groups is 1. The maximum absolute atomic E-state index is 12.5. The maximum Gasteiger partial charge on any atom is 0.249 e. The van der Waals surface area contributed by atoms with Crippen molar-refractivity contribution in [1.82, 2.24) is 4.90 Å². The molecule has 1 amide bonds. The van der Waals surface area contributed by atoms with Gasteiger partial charge in [0, 0.05) is 12.2 Å². The Bertz CT molecular complexity index is 730. The van der Waals surface area contributed by atoms with Crippen LogP contribution in [0.4, 0.5) is 5.69 Å². The topological polar surface area (TPSA) is 64.8 Å². The first kappa shape index (κ1) is 16.3. The quantitative estimate of drug-likeness (QED) is 0.877. The van der Waals surface area contributed by atoms with E-state index < -0.39 is 5.54 Å². The number of morpholine rings is 1. The van der Waals surface area contributed by atoms with E-state index in [1.165, 1.54) is 0 Å². The van der Waals surface area contributed by atoms with Gasteiger partial charge in [0.2, 0.25) is 5.91 Å². The first-order chi connectivity index (χ1) is 11.5. The second kappa shape index (κ2) is 6.53. The standard InChI is InChI=1S/C19H22N2O3/c1-19(15-4-3-5-16(20)10-15)13-24-12-18(22)21(19)11-14-6-8-17(23-2)9-7-14/h3-10H,11-13,20H2,1-2H3/t19-/m0/s1. The minimum absolute atomic E-state index is 0.0259. The summed E-state index contributed by atoms with van der Waals surface area (Å²) in [4.78, 5) is 14.4. The summed E-state index contributed by atoms with van der Waals surface area (Å²) in [6.45, 7) is 3.08. The zero-order valence-corrected chi connectivity index (χ0v) is 14.0. The zero-order chi connectivity index (χ0) is 17.2. The van der Waals surface area contributed by atoms with Crippen LogP contribution in [0.1, 0.15) is 18.1 Å². The van der Waals surface area contributed by atoms with Crippen molar-refractivity contribution in [2.24, 2.45) is 0 Å². The van der Waals surface area contributed by atoms with Crippen LogP contribution in [0.2, 0.25) is 0 Å². The van der Waals surface area contributed by atoms with Gasteiger partial charge < -0.3 is 20.1 Å². The lowest BCUT2D eigenvalue weighted by atomic mass is 9.88. The van der Waals surface area contributed by atoms with Gasteiger partial charge in [0.15, 0.2) is 0 Å². The molecular weight excluding hydrogens is 304 g/mol. The van der Waals surface area contributed by atoms with E-state index in [2.05, 4.69) is 0 Å². The summed E-state index contributed by atoms with van der Waals surface area (Å²) in [7, 11) is 1.64. The molecule has 0 bridgehead atoms. The van der Waals surface area contributed by atoms with Crippen molar-refractivity contribution < 1.29 is 14.3 Å². The van der Waals surface area contributed by atoms with Crippen molar-refractivity contribution in [3.8, 4) is 5.75 Å². The Morgan fingerprint density at radius 3 is 2.67 bits per heavy atom. The molecule has 1 atom stereocenters. The third-order valence-electron chi connectivity index (χ3n) is 4.51. The van der Waals surface area contributed by atoms with E-state index in [4.69, 9.17) is 15.2 Å². The monoisotopic (exact) mass is 326 g/mol. The van der Waals surface area contributed by atoms with Crippen molar-refractivity contribution in [2.45, 2.75) is 19.0 Å². The molecular formula is C19H22N2O3. The number of carbonyl (C=O) groups excluding carboxylic acids is 1. The van der Waals surface area contributed by atoms with E-state index >= 15 is 0 Å². The predicted octanol–water partition coefficient (Wildman–Crippen LogP) is 2.55. The summed E-state index contributed by atoms with van der Waals surface area (Å²) in [6, 6.07) is 15.4. The van der Waals surface area contributed by atoms with E-state index in [0.29, 0.717) is 18.8 Å². The molecule has 0 radical (unpaired) electrons. The summed E-state index contributed by atoms with van der Waals surface area (Å²) < 4.78 is 10.7. The van der Waals surface area contributed by atoms with Crippen LogP contribution in [0.25, 0.3) is 0 Å². The number of hydrogen-bond donors (Lipinski definition) is 1. The van der Waals surface area contributed by atoms with E-state index in [0.717, 1.165) is 16.9 Å². The van der Waals surface area contributed by atoms with Crippen molar-refractivity contribution >= 4 is 11.6 Å². The average Bonchev–Trinajstić information content (AvgIpc) is 2.59. The van der Waals surface area contributed by atoms with Gasteiger partial charge in [-0.15, -0.1) is 0 Å². The summed E-state index contributed by atoms with van der Waals surface area (Å²) in [5.74, 6) is 0.771. The van der Waals surface area contributed by atoms with Gasteiger partial charge in [-0.1, -0.05) is 24.3 Å². The van der Waals surface area contributed by atoms with E-state index in [9.17, 15) is 4.79 Å². The molecule has 1 saturated heterocycles. The van der Waals surface area contributed by atoms with Crippen molar-refractivity contribution in [2.75, 3.05) is 26.1 Å². The lowest BCUT2D eigenvalue weighted by Crippen LogP contribution is -2.55. The number of nitrogen functional groups attached to an aromatic ring is 1. The molecule has 0 aliphatic carbocycles. The average molecular weight is 326 g/mol. The molecule has 2 N–H and O–H groups in total. The molecule has 1 aliphatic heterocycles. The van der Waals surface area contributed by atoms with Crippen molar-refractivity contribution in [3.05, 3.63) is 59.7 Å². The lowest BCUT2D eigenvalue weighted by molar-refractivity contribution is -0.159. The number of hydrogen-bond acceptors (Lipinski definition) is 4.